The van der Waals surface area contributed by atoms with E-state index in [1.54, 1.807) is 31.4 Å². The molecule has 0 aliphatic carbocycles. The van der Waals surface area contributed by atoms with E-state index in [2.05, 4.69) is 5.32 Å². The van der Waals surface area contributed by atoms with Crippen molar-refractivity contribution >= 4 is 17.7 Å². The zero-order valence-electron chi connectivity index (χ0n) is 12.1. The highest BCUT2D eigenvalue weighted by Crippen LogP contribution is 2.20. The van der Waals surface area contributed by atoms with E-state index in [0.29, 0.717) is 17.7 Å². The first-order valence-corrected chi connectivity index (χ1v) is 7.90. The van der Waals surface area contributed by atoms with Gasteiger partial charge in [0.15, 0.2) is 0 Å². The topological polar surface area (TPSA) is 62.5 Å². The molecule has 0 fully saturated rings. The Morgan fingerprint density at radius 1 is 1.33 bits per heavy atom. The van der Waals surface area contributed by atoms with Crippen LogP contribution in [0.15, 0.2) is 52.0 Å². The fraction of sp³-hybridized carbons (Fsp3) is 0.312. The fourth-order valence-electron chi connectivity index (χ4n) is 2.05. The minimum atomic E-state index is -1.05. The van der Waals surface area contributed by atoms with Crippen molar-refractivity contribution in [2.75, 3.05) is 12.8 Å². The van der Waals surface area contributed by atoms with Gasteiger partial charge in [-0.25, -0.2) is 0 Å². The third kappa shape index (κ3) is 4.37. The molecule has 2 rings (SSSR count). The molecule has 1 atom stereocenters. The average Bonchev–Trinajstić information content (AvgIpc) is 2.97. The highest BCUT2D eigenvalue weighted by Gasteiger charge is 2.24. The molecule has 1 unspecified atom stereocenters. The van der Waals surface area contributed by atoms with Crippen LogP contribution in [0.2, 0.25) is 0 Å². The zero-order chi connectivity index (χ0) is 15.3. The summed E-state index contributed by atoms with van der Waals surface area (Å²) in [4.78, 5) is 13.1. The Labute approximate surface area is 128 Å². The molecule has 112 valence electrons. The lowest BCUT2D eigenvalue weighted by atomic mass is 10.0. The van der Waals surface area contributed by atoms with Crippen LogP contribution in [-0.4, -0.2) is 29.4 Å². The van der Waals surface area contributed by atoms with Gasteiger partial charge in [-0.05, 0) is 37.4 Å². The molecule has 0 aliphatic rings. The first kappa shape index (κ1) is 15.7. The highest BCUT2D eigenvalue weighted by molar-refractivity contribution is 7.98. The van der Waals surface area contributed by atoms with Crippen molar-refractivity contribution in [3.63, 3.8) is 0 Å². The number of hydrogen-bond donors (Lipinski definition) is 2. The fourth-order valence-corrected chi connectivity index (χ4v) is 2.64. The number of hydrogen-bond acceptors (Lipinski definition) is 4. The van der Waals surface area contributed by atoms with Crippen LogP contribution in [-0.2, 0) is 6.42 Å². The van der Waals surface area contributed by atoms with Gasteiger partial charge in [0, 0.05) is 17.9 Å². The van der Waals surface area contributed by atoms with E-state index < -0.39 is 5.60 Å². The number of aliphatic hydroxyl groups is 1. The third-order valence-corrected chi connectivity index (χ3v) is 3.91. The second kappa shape index (κ2) is 6.83. The zero-order valence-corrected chi connectivity index (χ0v) is 12.9. The van der Waals surface area contributed by atoms with Gasteiger partial charge in [0.1, 0.15) is 5.76 Å². The Kier molecular flexibility index (Phi) is 5.09. The Hall–Kier alpha value is -1.72. The van der Waals surface area contributed by atoms with Crippen molar-refractivity contribution in [2.24, 2.45) is 0 Å². The number of nitrogens with one attached hydrogen (secondary N) is 1. The van der Waals surface area contributed by atoms with Crippen LogP contribution >= 0.6 is 11.8 Å². The van der Waals surface area contributed by atoms with Crippen LogP contribution < -0.4 is 5.32 Å². The molecular formula is C16H19NO3S. The number of rotatable bonds is 6. The molecule has 2 N–H and O–H groups in total. The molecule has 2 aromatic rings. The summed E-state index contributed by atoms with van der Waals surface area (Å²) in [7, 11) is 0. The Morgan fingerprint density at radius 2 is 2.10 bits per heavy atom. The molecule has 0 saturated heterocycles. The molecule has 0 radical (unpaired) electrons. The van der Waals surface area contributed by atoms with Crippen LogP contribution in [0.25, 0.3) is 0 Å². The minimum absolute atomic E-state index is 0.162. The number of carbonyl (C=O) groups excluding carboxylic acids is 1. The monoisotopic (exact) mass is 305 g/mol. The molecule has 1 aromatic heterocycles. The van der Waals surface area contributed by atoms with Crippen molar-refractivity contribution in [3.05, 3.63) is 54.0 Å². The maximum Gasteiger partial charge on any atom is 0.252 e. The van der Waals surface area contributed by atoms with Crippen molar-refractivity contribution in [1.29, 1.82) is 0 Å². The van der Waals surface area contributed by atoms with Gasteiger partial charge in [0.05, 0.1) is 17.4 Å². The van der Waals surface area contributed by atoms with Gasteiger partial charge in [0.25, 0.3) is 5.91 Å². The largest absolute Gasteiger partial charge is 0.469 e. The van der Waals surface area contributed by atoms with Crippen molar-refractivity contribution in [1.82, 2.24) is 5.32 Å². The first-order chi connectivity index (χ1) is 10.0. The molecule has 0 aliphatic heterocycles. The number of thioether (sulfide) groups is 1. The van der Waals surface area contributed by atoms with E-state index in [-0.39, 0.29) is 12.5 Å². The number of furan rings is 1. The molecule has 21 heavy (non-hydrogen) atoms. The second-order valence-electron chi connectivity index (χ2n) is 5.14. The summed E-state index contributed by atoms with van der Waals surface area (Å²) in [5.41, 5.74) is -0.430. The van der Waals surface area contributed by atoms with Crippen LogP contribution in [0.3, 0.4) is 0 Å². The summed E-state index contributed by atoms with van der Waals surface area (Å²) in [6, 6.07) is 11.0. The molecule has 0 spiro atoms. The first-order valence-electron chi connectivity index (χ1n) is 6.68. The smallest absolute Gasteiger partial charge is 0.252 e. The molecule has 1 amide bonds. The number of amides is 1. The Morgan fingerprint density at radius 3 is 2.76 bits per heavy atom. The molecular weight excluding hydrogens is 286 g/mol. The van der Waals surface area contributed by atoms with Crippen LogP contribution in [0, 0.1) is 0 Å². The lowest BCUT2D eigenvalue weighted by Crippen LogP contribution is -2.42. The molecule has 1 heterocycles. The lowest BCUT2D eigenvalue weighted by molar-refractivity contribution is 0.0509. The summed E-state index contributed by atoms with van der Waals surface area (Å²) in [5, 5.41) is 13.1. The maximum absolute atomic E-state index is 12.2. The van der Waals surface area contributed by atoms with Gasteiger partial charge in [-0.2, -0.15) is 0 Å². The third-order valence-electron chi connectivity index (χ3n) is 3.12. The standard InChI is InChI=1S/C16H19NO3S/c1-16(19,10-12-6-5-9-20-12)11-17-15(18)13-7-3-4-8-14(13)21-2/h3-9,19H,10-11H2,1-2H3,(H,17,18). The summed E-state index contributed by atoms with van der Waals surface area (Å²) in [5.74, 6) is 0.512. The van der Waals surface area contributed by atoms with E-state index in [9.17, 15) is 9.90 Å². The average molecular weight is 305 g/mol. The van der Waals surface area contributed by atoms with E-state index in [0.717, 1.165) is 4.90 Å². The minimum Gasteiger partial charge on any atom is -0.469 e. The highest BCUT2D eigenvalue weighted by atomic mass is 32.2. The van der Waals surface area contributed by atoms with E-state index >= 15 is 0 Å². The van der Waals surface area contributed by atoms with Crippen LogP contribution in [0.4, 0.5) is 0 Å². The summed E-state index contributed by atoms with van der Waals surface area (Å²) < 4.78 is 5.22. The number of carbonyl (C=O) groups is 1. The van der Waals surface area contributed by atoms with Gasteiger partial charge in [-0.15, -0.1) is 11.8 Å². The van der Waals surface area contributed by atoms with Gasteiger partial charge in [-0.3, -0.25) is 4.79 Å². The van der Waals surface area contributed by atoms with Gasteiger partial charge in [-0.1, -0.05) is 12.1 Å². The molecule has 1 aromatic carbocycles. The Balaban J connectivity index is 1.97. The van der Waals surface area contributed by atoms with E-state index in [4.69, 9.17) is 4.42 Å². The Bertz CT molecular complexity index is 593. The normalized spacial score (nSPS) is 13.7. The molecule has 5 heteroatoms. The van der Waals surface area contributed by atoms with Crippen molar-refractivity contribution in [2.45, 2.75) is 23.8 Å². The van der Waals surface area contributed by atoms with E-state index in [1.807, 2.05) is 24.5 Å². The van der Waals surface area contributed by atoms with Crippen molar-refractivity contribution < 1.29 is 14.3 Å². The van der Waals surface area contributed by atoms with Crippen LogP contribution in [0.1, 0.15) is 23.0 Å². The summed E-state index contributed by atoms with van der Waals surface area (Å²) >= 11 is 1.52. The van der Waals surface area contributed by atoms with Gasteiger partial charge < -0.3 is 14.8 Å². The quantitative estimate of drug-likeness (QED) is 0.806. The van der Waals surface area contributed by atoms with Gasteiger partial charge >= 0.3 is 0 Å². The van der Waals surface area contributed by atoms with Crippen LogP contribution in [0.5, 0.6) is 0 Å². The van der Waals surface area contributed by atoms with Crippen molar-refractivity contribution in [3.8, 4) is 0 Å². The summed E-state index contributed by atoms with van der Waals surface area (Å²) in [6.07, 6.45) is 3.85. The second-order valence-corrected chi connectivity index (χ2v) is 5.98. The van der Waals surface area contributed by atoms with Gasteiger partial charge in [0.2, 0.25) is 0 Å². The molecule has 4 nitrogen and oxygen atoms in total. The maximum atomic E-state index is 12.2. The molecule has 0 saturated carbocycles. The predicted octanol–water partition coefficient (Wildman–Crippen LogP) is 2.73. The number of benzene rings is 1. The molecule has 0 bridgehead atoms. The van der Waals surface area contributed by atoms with E-state index in [1.165, 1.54) is 11.8 Å². The SMILES string of the molecule is CSc1ccccc1C(=O)NCC(C)(O)Cc1ccco1. The lowest BCUT2D eigenvalue weighted by Gasteiger charge is -2.22. The predicted molar refractivity (Wildman–Crippen MR) is 83.6 cm³/mol. The summed E-state index contributed by atoms with van der Waals surface area (Å²) in [6.45, 7) is 1.84.